The van der Waals surface area contributed by atoms with Gasteiger partial charge in [-0.3, -0.25) is 4.79 Å². The summed E-state index contributed by atoms with van der Waals surface area (Å²) in [5.41, 5.74) is 0.421. The molecule has 64 valence electrons. The van der Waals surface area contributed by atoms with Crippen LogP contribution >= 0.6 is 11.6 Å². The molecule has 0 saturated carbocycles. The van der Waals surface area contributed by atoms with Crippen LogP contribution in [0.1, 0.15) is 5.56 Å². The van der Waals surface area contributed by atoms with Gasteiger partial charge in [0.2, 0.25) is 0 Å². The Hall–Kier alpha value is -1.22. The standard InChI is InChI=1S/C8H7ClO3/c9-8-5(4-7(11)12)2-1-3-6(8)10/h1-3,10H,4H2,(H,11,12). The molecule has 0 spiro atoms. The lowest BCUT2D eigenvalue weighted by Gasteiger charge is -2.01. The molecule has 0 radical (unpaired) electrons. The third-order valence-corrected chi connectivity index (χ3v) is 1.84. The minimum Gasteiger partial charge on any atom is -0.506 e. The molecule has 0 fully saturated rings. The highest BCUT2D eigenvalue weighted by atomic mass is 35.5. The zero-order valence-electron chi connectivity index (χ0n) is 6.12. The van der Waals surface area contributed by atoms with Gasteiger partial charge in [0.25, 0.3) is 0 Å². The molecule has 0 saturated heterocycles. The van der Waals surface area contributed by atoms with Crippen LogP contribution in [0.5, 0.6) is 5.75 Å². The van der Waals surface area contributed by atoms with Gasteiger partial charge in [-0.1, -0.05) is 23.7 Å². The van der Waals surface area contributed by atoms with E-state index in [2.05, 4.69) is 0 Å². The fraction of sp³-hybridized carbons (Fsp3) is 0.125. The number of aromatic hydroxyl groups is 1. The van der Waals surface area contributed by atoms with E-state index >= 15 is 0 Å². The molecule has 3 nitrogen and oxygen atoms in total. The fourth-order valence-electron chi connectivity index (χ4n) is 0.866. The molecule has 0 aliphatic carbocycles. The Morgan fingerprint density at radius 3 is 2.75 bits per heavy atom. The van der Waals surface area contributed by atoms with Crippen molar-refractivity contribution in [3.05, 3.63) is 28.8 Å². The molecule has 0 atom stereocenters. The number of hydrogen-bond donors (Lipinski definition) is 2. The topological polar surface area (TPSA) is 57.5 Å². The minimum atomic E-state index is -0.970. The largest absolute Gasteiger partial charge is 0.506 e. The number of carboxylic acid groups (broad SMARTS) is 1. The zero-order chi connectivity index (χ0) is 9.14. The molecule has 1 aromatic carbocycles. The average Bonchev–Trinajstić information content (AvgIpc) is 1.98. The van der Waals surface area contributed by atoms with Crippen LogP contribution in [0.15, 0.2) is 18.2 Å². The van der Waals surface area contributed by atoms with Crippen LogP contribution in [0, 0.1) is 0 Å². The molecule has 0 aliphatic rings. The van der Waals surface area contributed by atoms with Gasteiger partial charge in [0.1, 0.15) is 5.75 Å². The lowest BCUT2D eigenvalue weighted by Crippen LogP contribution is -2.00. The molecule has 12 heavy (non-hydrogen) atoms. The smallest absolute Gasteiger partial charge is 0.307 e. The number of aliphatic carboxylic acids is 1. The van der Waals surface area contributed by atoms with Crippen molar-refractivity contribution in [2.24, 2.45) is 0 Å². The highest BCUT2D eigenvalue weighted by molar-refractivity contribution is 6.32. The quantitative estimate of drug-likeness (QED) is 0.739. The van der Waals surface area contributed by atoms with Gasteiger partial charge in [-0.25, -0.2) is 0 Å². The summed E-state index contributed by atoms with van der Waals surface area (Å²) >= 11 is 5.62. The molecular weight excluding hydrogens is 180 g/mol. The summed E-state index contributed by atoms with van der Waals surface area (Å²) in [6.07, 6.45) is -0.173. The lowest BCUT2D eigenvalue weighted by atomic mass is 10.1. The Morgan fingerprint density at radius 1 is 1.50 bits per heavy atom. The summed E-state index contributed by atoms with van der Waals surface area (Å²) < 4.78 is 0. The first kappa shape index (κ1) is 8.87. The SMILES string of the molecule is O=C(O)Cc1cccc(O)c1Cl. The second-order valence-corrected chi connectivity index (χ2v) is 2.70. The van der Waals surface area contributed by atoms with Gasteiger partial charge in [0, 0.05) is 0 Å². The van der Waals surface area contributed by atoms with Crippen molar-refractivity contribution in [3.63, 3.8) is 0 Å². The van der Waals surface area contributed by atoms with Crippen molar-refractivity contribution < 1.29 is 15.0 Å². The third-order valence-electron chi connectivity index (χ3n) is 1.40. The van der Waals surface area contributed by atoms with E-state index in [1.807, 2.05) is 0 Å². The Bertz CT molecular complexity index is 309. The number of carbonyl (C=O) groups is 1. The van der Waals surface area contributed by atoms with Crippen LogP contribution in [0.2, 0.25) is 5.02 Å². The molecule has 0 aromatic heterocycles. The van der Waals surface area contributed by atoms with Gasteiger partial charge in [-0.05, 0) is 11.6 Å². The molecule has 4 heteroatoms. The van der Waals surface area contributed by atoms with Crippen LogP contribution in [0.4, 0.5) is 0 Å². The van der Waals surface area contributed by atoms with Crippen molar-refractivity contribution in [2.75, 3.05) is 0 Å². The predicted molar refractivity (Wildman–Crippen MR) is 44.5 cm³/mol. The number of rotatable bonds is 2. The van der Waals surface area contributed by atoms with Crippen LogP contribution in [0.25, 0.3) is 0 Å². The van der Waals surface area contributed by atoms with Crippen molar-refractivity contribution in [1.29, 1.82) is 0 Å². The number of benzene rings is 1. The summed E-state index contributed by atoms with van der Waals surface area (Å²) in [6.45, 7) is 0. The second kappa shape index (κ2) is 3.45. The van der Waals surface area contributed by atoms with E-state index < -0.39 is 5.97 Å². The van der Waals surface area contributed by atoms with Crippen LogP contribution < -0.4 is 0 Å². The fourth-order valence-corrected chi connectivity index (χ4v) is 1.06. The normalized spacial score (nSPS) is 9.75. The number of halogens is 1. The van der Waals surface area contributed by atoms with E-state index in [9.17, 15) is 4.79 Å². The molecule has 1 rings (SSSR count). The first-order chi connectivity index (χ1) is 5.61. The molecule has 0 heterocycles. The van der Waals surface area contributed by atoms with E-state index in [-0.39, 0.29) is 17.2 Å². The lowest BCUT2D eigenvalue weighted by molar-refractivity contribution is -0.136. The maximum atomic E-state index is 10.3. The van der Waals surface area contributed by atoms with Crippen molar-refractivity contribution in [1.82, 2.24) is 0 Å². The summed E-state index contributed by atoms with van der Waals surface area (Å²) in [5.74, 6) is -1.06. The second-order valence-electron chi connectivity index (χ2n) is 2.32. The molecule has 0 bridgehead atoms. The molecule has 0 amide bonds. The number of hydrogen-bond acceptors (Lipinski definition) is 2. The van der Waals surface area contributed by atoms with Crippen LogP contribution in [-0.4, -0.2) is 16.2 Å². The number of carboxylic acids is 1. The van der Waals surface area contributed by atoms with Gasteiger partial charge in [-0.2, -0.15) is 0 Å². The Morgan fingerprint density at radius 2 is 2.17 bits per heavy atom. The highest BCUT2D eigenvalue weighted by Gasteiger charge is 2.07. The first-order valence-corrected chi connectivity index (χ1v) is 3.67. The molecule has 0 aliphatic heterocycles. The summed E-state index contributed by atoms with van der Waals surface area (Å²) in [6, 6.07) is 4.53. The number of phenols is 1. The molecule has 1 aromatic rings. The highest BCUT2D eigenvalue weighted by Crippen LogP contribution is 2.26. The van der Waals surface area contributed by atoms with E-state index in [1.165, 1.54) is 6.07 Å². The summed E-state index contributed by atoms with van der Waals surface area (Å²) in [5, 5.41) is 17.6. The van der Waals surface area contributed by atoms with Crippen molar-refractivity contribution in [2.45, 2.75) is 6.42 Å². The van der Waals surface area contributed by atoms with E-state index in [1.54, 1.807) is 12.1 Å². The molecular formula is C8H7ClO3. The van der Waals surface area contributed by atoms with Crippen LogP contribution in [0.3, 0.4) is 0 Å². The maximum absolute atomic E-state index is 10.3. The predicted octanol–water partition coefficient (Wildman–Crippen LogP) is 1.67. The Labute approximate surface area is 74.2 Å². The van der Waals surface area contributed by atoms with Crippen molar-refractivity contribution in [3.8, 4) is 5.75 Å². The van der Waals surface area contributed by atoms with E-state index in [0.29, 0.717) is 5.56 Å². The summed E-state index contributed by atoms with van der Waals surface area (Å²) in [7, 11) is 0. The molecule has 2 N–H and O–H groups in total. The minimum absolute atomic E-state index is 0.0876. The van der Waals surface area contributed by atoms with Gasteiger partial charge in [-0.15, -0.1) is 0 Å². The summed E-state index contributed by atoms with van der Waals surface area (Å²) in [4.78, 5) is 10.3. The Kier molecular flexibility index (Phi) is 2.55. The first-order valence-electron chi connectivity index (χ1n) is 3.29. The van der Waals surface area contributed by atoms with E-state index in [0.717, 1.165) is 0 Å². The Balaban J connectivity index is 3.00. The van der Waals surface area contributed by atoms with Gasteiger partial charge >= 0.3 is 5.97 Å². The zero-order valence-corrected chi connectivity index (χ0v) is 6.88. The number of phenolic OH excluding ortho intramolecular Hbond substituents is 1. The molecule has 0 unspecified atom stereocenters. The monoisotopic (exact) mass is 186 g/mol. The van der Waals surface area contributed by atoms with Crippen molar-refractivity contribution >= 4 is 17.6 Å². The van der Waals surface area contributed by atoms with Gasteiger partial charge < -0.3 is 10.2 Å². The maximum Gasteiger partial charge on any atom is 0.307 e. The van der Waals surface area contributed by atoms with Gasteiger partial charge in [0.15, 0.2) is 0 Å². The van der Waals surface area contributed by atoms with Crippen LogP contribution in [-0.2, 0) is 11.2 Å². The third kappa shape index (κ3) is 1.89. The van der Waals surface area contributed by atoms with E-state index in [4.69, 9.17) is 21.8 Å². The van der Waals surface area contributed by atoms with Gasteiger partial charge in [0.05, 0.1) is 11.4 Å². The average molecular weight is 187 g/mol.